The van der Waals surface area contributed by atoms with Crippen LogP contribution in [-0.2, 0) is 54.6 Å². The second-order valence-electron chi connectivity index (χ2n) is 25.6. The maximum atomic E-state index is 15.1. The van der Waals surface area contributed by atoms with Gasteiger partial charge in [0.15, 0.2) is 0 Å². The molecule has 1 saturated heterocycles. The fourth-order valence-electron chi connectivity index (χ4n) is 12.2. The van der Waals surface area contributed by atoms with Crippen molar-refractivity contribution >= 4 is 52.9 Å². The summed E-state index contributed by atoms with van der Waals surface area (Å²) in [6, 6.07) is 21.7. The van der Waals surface area contributed by atoms with Gasteiger partial charge in [-0.1, -0.05) is 110 Å². The van der Waals surface area contributed by atoms with Gasteiger partial charge in [0, 0.05) is 42.4 Å². The van der Waals surface area contributed by atoms with E-state index in [2.05, 4.69) is 54.7 Å². The summed E-state index contributed by atoms with van der Waals surface area (Å²) in [5.41, 5.74) is 5.57. The van der Waals surface area contributed by atoms with Crippen LogP contribution in [0, 0.1) is 16.7 Å². The molecule has 9 unspecified atom stereocenters. The molecule has 4 aromatic carbocycles. The highest BCUT2D eigenvalue weighted by molar-refractivity contribution is 6.05. The van der Waals surface area contributed by atoms with E-state index in [1.807, 2.05) is 97.9 Å². The van der Waals surface area contributed by atoms with Crippen molar-refractivity contribution in [3.05, 3.63) is 136 Å². The van der Waals surface area contributed by atoms with Crippen molar-refractivity contribution in [1.82, 2.24) is 47.0 Å². The number of rotatable bonds is 17. The topological polar surface area (TPSA) is 239 Å². The highest BCUT2D eigenvalue weighted by Gasteiger charge is 2.47. The largest absolute Gasteiger partial charge is 0.347 e. The van der Waals surface area contributed by atoms with Gasteiger partial charge in [-0.05, 0) is 152 Å². The van der Waals surface area contributed by atoms with Crippen LogP contribution in [0.25, 0.3) is 0 Å². The van der Waals surface area contributed by atoms with E-state index in [1.54, 1.807) is 62.3 Å². The summed E-state index contributed by atoms with van der Waals surface area (Å²) in [6.45, 7) is 16.9. The SMILES string of the molecule is CNC(C)C(=O)NC(C(=O)N1CC(NC(=O)c2ccc(C(=O)Nc3ccc4c(c3)CN(C(=O)C(NC(=O)C(NC)C(C)C)C(C)(C)C)C(C(=O)NC3CCCc5ccccc53)C4)cc2)CC1C(=O)NC1CCCc2ccccc21)C(C)(C)C. The summed E-state index contributed by atoms with van der Waals surface area (Å²) in [5.74, 6) is -3.08. The van der Waals surface area contributed by atoms with Crippen molar-refractivity contribution in [3.8, 4) is 0 Å². The molecule has 2 aliphatic carbocycles. The van der Waals surface area contributed by atoms with Crippen LogP contribution in [0.4, 0.5) is 5.69 Å². The number of likely N-dealkylation sites (N-methyl/N-ethyl adjacent to an activating group) is 2. The Morgan fingerprint density at radius 2 is 1.07 bits per heavy atom. The Morgan fingerprint density at radius 3 is 1.60 bits per heavy atom. The minimum atomic E-state index is -0.978. The van der Waals surface area contributed by atoms with Crippen molar-refractivity contribution in [1.29, 1.82) is 0 Å². The first-order chi connectivity index (χ1) is 39.4. The number of amides is 8. The standard InChI is InChI=1S/C65H86N10O8/c1-37(2)53(67-11)61(81)73-55(65(7,8)9)62(82)74-35-44-32-45(31-30-43(44)33-51(74)59(79)70-49-24-16-20-39-18-12-14-22-47(39)49)68-57(77)41-26-28-42(29-27-41)58(78)69-46-34-52(60(80)71-50-25-17-21-40-19-13-15-23-48(40)50)75(36-46)63(83)54(64(4,5)6)72-56(76)38(3)66-10/h12-15,18-19,22-23,26-32,37-38,46,49-55,66-67H,16-17,20-21,24-25,33-36H2,1-11H3,(H,68,77)(H,69,78)(H,70,79)(H,71,80)(H,72,76)(H,73,81). The Hall–Kier alpha value is -7.44. The number of carbonyl (C=O) groups is 8. The number of hydrogen-bond donors (Lipinski definition) is 8. The van der Waals surface area contributed by atoms with E-state index in [0.29, 0.717) is 5.69 Å². The number of aryl methyl sites for hydroxylation is 2. The maximum absolute atomic E-state index is 15.1. The van der Waals surface area contributed by atoms with E-state index in [1.165, 1.54) is 16.0 Å². The molecule has 4 aliphatic rings. The van der Waals surface area contributed by atoms with Crippen molar-refractivity contribution < 1.29 is 38.4 Å². The van der Waals surface area contributed by atoms with Crippen molar-refractivity contribution in [2.24, 2.45) is 16.7 Å². The Labute approximate surface area is 489 Å². The van der Waals surface area contributed by atoms with Crippen molar-refractivity contribution in [3.63, 3.8) is 0 Å². The Bertz CT molecular complexity index is 3070. The third kappa shape index (κ3) is 14.3. The fourth-order valence-corrected chi connectivity index (χ4v) is 12.2. The number of nitrogens with one attached hydrogen (secondary N) is 8. The molecule has 0 bridgehead atoms. The molecule has 8 rings (SSSR count). The van der Waals surface area contributed by atoms with Crippen LogP contribution in [0.15, 0.2) is 91.0 Å². The van der Waals surface area contributed by atoms with Crippen LogP contribution in [0.2, 0.25) is 0 Å². The number of nitrogens with zero attached hydrogens (tertiary/aromatic N) is 2. The zero-order chi connectivity index (χ0) is 60.1. The quantitative estimate of drug-likeness (QED) is 0.0597. The molecule has 4 aromatic rings. The Morgan fingerprint density at radius 1 is 0.554 bits per heavy atom. The van der Waals surface area contributed by atoms with Gasteiger partial charge in [-0.3, -0.25) is 38.4 Å². The summed E-state index contributed by atoms with van der Waals surface area (Å²) in [5, 5.41) is 24.5. The first kappa shape index (κ1) is 61.6. The highest BCUT2D eigenvalue weighted by Crippen LogP contribution is 2.35. The van der Waals surface area contributed by atoms with E-state index in [9.17, 15) is 33.6 Å². The van der Waals surface area contributed by atoms with E-state index in [-0.39, 0.29) is 78.7 Å². The summed E-state index contributed by atoms with van der Waals surface area (Å²) in [4.78, 5) is 117. The number of fused-ring (bicyclic) bond motifs is 3. The molecule has 9 atom stereocenters. The lowest BCUT2D eigenvalue weighted by Crippen LogP contribution is -2.62. The van der Waals surface area contributed by atoms with Gasteiger partial charge in [0.05, 0.1) is 24.2 Å². The molecular formula is C65H86N10O8. The monoisotopic (exact) mass is 1130 g/mol. The van der Waals surface area contributed by atoms with Crippen LogP contribution in [0.1, 0.15) is 161 Å². The third-order valence-electron chi connectivity index (χ3n) is 17.1. The van der Waals surface area contributed by atoms with Crippen LogP contribution in [0.5, 0.6) is 0 Å². The minimum Gasteiger partial charge on any atom is -0.347 e. The second-order valence-corrected chi connectivity index (χ2v) is 25.6. The molecule has 0 saturated carbocycles. The lowest BCUT2D eigenvalue weighted by atomic mass is 9.83. The molecule has 2 heterocycles. The number of hydrogen-bond acceptors (Lipinski definition) is 10. The van der Waals surface area contributed by atoms with Crippen molar-refractivity contribution in [2.45, 2.75) is 175 Å². The maximum Gasteiger partial charge on any atom is 0.255 e. The first-order valence-electron chi connectivity index (χ1n) is 29.5. The Kier molecular flexibility index (Phi) is 19.3. The summed E-state index contributed by atoms with van der Waals surface area (Å²) in [7, 11) is 3.37. The summed E-state index contributed by atoms with van der Waals surface area (Å²) >= 11 is 0. The molecule has 1 fully saturated rings. The van der Waals surface area contributed by atoms with Gasteiger partial charge < -0.3 is 52.3 Å². The predicted octanol–water partition coefficient (Wildman–Crippen LogP) is 6.19. The molecule has 83 heavy (non-hydrogen) atoms. The van der Waals surface area contributed by atoms with Gasteiger partial charge in [0.2, 0.25) is 35.4 Å². The van der Waals surface area contributed by atoms with Gasteiger partial charge in [0.25, 0.3) is 11.8 Å². The van der Waals surface area contributed by atoms with Gasteiger partial charge >= 0.3 is 0 Å². The van der Waals surface area contributed by atoms with Crippen molar-refractivity contribution in [2.75, 3.05) is 26.0 Å². The van der Waals surface area contributed by atoms with E-state index < -0.39 is 76.8 Å². The van der Waals surface area contributed by atoms with Crippen LogP contribution < -0.4 is 42.5 Å². The zero-order valence-electron chi connectivity index (χ0n) is 50.2. The number of benzene rings is 4. The molecule has 8 amide bonds. The van der Waals surface area contributed by atoms with E-state index in [0.717, 1.165) is 60.8 Å². The highest BCUT2D eigenvalue weighted by atomic mass is 16.2. The Balaban J connectivity index is 0.978. The lowest BCUT2D eigenvalue weighted by molar-refractivity contribution is -0.147. The molecule has 0 aromatic heterocycles. The predicted molar refractivity (Wildman–Crippen MR) is 320 cm³/mol. The smallest absolute Gasteiger partial charge is 0.255 e. The van der Waals surface area contributed by atoms with E-state index >= 15 is 4.79 Å². The normalized spacial score (nSPS) is 20.9. The molecule has 0 radical (unpaired) electrons. The van der Waals surface area contributed by atoms with Crippen LogP contribution in [0.3, 0.4) is 0 Å². The number of anilines is 1. The molecule has 18 heteroatoms. The average molecular weight is 1140 g/mol. The number of likely N-dealkylation sites (tertiary alicyclic amines) is 1. The fraction of sp³-hybridized carbons (Fsp3) is 0.508. The van der Waals surface area contributed by atoms with Gasteiger partial charge in [-0.15, -0.1) is 0 Å². The van der Waals surface area contributed by atoms with E-state index in [4.69, 9.17) is 0 Å². The average Bonchev–Trinajstić information content (AvgIpc) is 4.14. The molecule has 0 spiro atoms. The molecule has 8 N–H and O–H groups in total. The third-order valence-corrected chi connectivity index (χ3v) is 17.1. The van der Waals surface area contributed by atoms with Gasteiger partial charge in [-0.2, -0.15) is 0 Å². The van der Waals surface area contributed by atoms with Crippen LogP contribution in [-0.4, -0.2) is 120 Å². The first-order valence-corrected chi connectivity index (χ1v) is 29.5. The molecule has 2 aliphatic heterocycles. The van der Waals surface area contributed by atoms with Gasteiger partial charge in [-0.25, -0.2) is 0 Å². The summed E-state index contributed by atoms with van der Waals surface area (Å²) in [6.07, 6.45) is 5.49. The zero-order valence-corrected chi connectivity index (χ0v) is 50.2. The van der Waals surface area contributed by atoms with Gasteiger partial charge in [0.1, 0.15) is 24.2 Å². The molecule has 444 valence electrons. The van der Waals surface area contributed by atoms with Crippen LogP contribution >= 0.6 is 0 Å². The lowest BCUT2D eigenvalue weighted by Gasteiger charge is -2.42. The minimum absolute atomic E-state index is 0.0214. The molecular weight excluding hydrogens is 1050 g/mol. The second kappa shape index (κ2) is 26.0. The number of carbonyl (C=O) groups excluding carboxylic acids is 8. The molecule has 18 nitrogen and oxygen atoms in total. The summed E-state index contributed by atoms with van der Waals surface area (Å²) < 4.78 is 0.